The van der Waals surface area contributed by atoms with Crippen molar-refractivity contribution in [1.82, 2.24) is 15.1 Å². The molecule has 0 unspecified atom stereocenters. The highest BCUT2D eigenvalue weighted by atomic mass is 16.2. The van der Waals surface area contributed by atoms with Crippen LogP contribution in [0.15, 0.2) is 0 Å². The molecule has 2 heterocycles. The first-order valence-electron chi connectivity index (χ1n) is 10.0. The number of nitrogens with one attached hydrogen (secondary N) is 1. The first-order valence-corrected chi connectivity index (χ1v) is 10.0. The second-order valence-electron chi connectivity index (χ2n) is 7.65. The van der Waals surface area contributed by atoms with Crippen molar-refractivity contribution in [2.75, 3.05) is 26.2 Å². The Morgan fingerprint density at radius 3 is 2.52 bits per heavy atom. The van der Waals surface area contributed by atoms with Crippen molar-refractivity contribution in [3.63, 3.8) is 0 Å². The average Bonchev–Trinajstić information content (AvgIpc) is 3.28. The van der Waals surface area contributed by atoms with Crippen LogP contribution in [-0.4, -0.2) is 59.7 Å². The molecule has 6 heteroatoms. The molecule has 0 aromatic heterocycles. The fourth-order valence-electron chi connectivity index (χ4n) is 4.43. The maximum Gasteiger partial charge on any atom is 0.242 e. The Kier molecular flexibility index (Phi) is 6.32. The molecule has 1 saturated carbocycles. The highest BCUT2D eigenvalue weighted by molar-refractivity contribution is 5.89. The van der Waals surface area contributed by atoms with E-state index < -0.39 is 0 Å². The largest absolute Gasteiger partial charge is 0.354 e. The third-order valence-electron chi connectivity index (χ3n) is 5.87. The van der Waals surface area contributed by atoms with Gasteiger partial charge in [0.05, 0.1) is 0 Å². The first kappa shape index (κ1) is 18.2. The summed E-state index contributed by atoms with van der Waals surface area (Å²) in [4.78, 5) is 40.6. The quantitative estimate of drug-likeness (QED) is 0.742. The van der Waals surface area contributed by atoms with Crippen LogP contribution in [0.2, 0.25) is 0 Å². The molecule has 1 atom stereocenters. The lowest BCUT2D eigenvalue weighted by Crippen LogP contribution is -2.48. The van der Waals surface area contributed by atoms with Gasteiger partial charge in [-0.2, -0.15) is 0 Å². The van der Waals surface area contributed by atoms with Gasteiger partial charge in [-0.3, -0.25) is 14.4 Å². The van der Waals surface area contributed by atoms with Gasteiger partial charge in [0, 0.05) is 38.5 Å². The zero-order valence-electron chi connectivity index (χ0n) is 15.2. The van der Waals surface area contributed by atoms with Crippen molar-refractivity contribution in [2.45, 2.75) is 70.3 Å². The molecule has 3 fully saturated rings. The van der Waals surface area contributed by atoms with Crippen molar-refractivity contribution in [1.29, 1.82) is 0 Å². The molecule has 3 amide bonds. The Bertz CT molecular complexity index is 502. The van der Waals surface area contributed by atoms with E-state index in [1.54, 1.807) is 0 Å². The number of carbonyl (C=O) groups excluding carboxylic acids is 3. The van der Waals surface area contributed by atoms with Crippen molar-refractivity contribution >= 4 is 17.7 Å². The molecular weight excluding hydrogens is 318 g/mol. The van der Waals surface area contributed by atoms with E-state index in [4.69, 9.17) is 0 Å². The molecule has 0 bridgehead atoms. The van der Waals surface area contributed by atoms with Gasteiger partial charge in [-0.1, -0.05) is 19.3 Å². The Morgan fingerprint density at radius 1 is 1.00 bits per heavy atom. The van der Waals surface area contributed by atoms with E-state index in [0.717, 1.165) is 64.5 Å². The molecule has 25 heavy (non-hydrogen) atoms. The first-order chi connectivity index (χ1) is 12.2. The summed E-state index contributed by atoms with van der Waals surface area (Å²) < 4.78 is 0. The van der Waals surface area contributed by atoms with Crippen LogP contribution in [0.3, 0.4) is 0 Å². The summed E-state index contributed by atoms with van der Waals surface area (Å²) in [5.74, 6) is 0.532. The highest BCUT2D eigenvalue weighted by Gasteiger charge is 2.37. The molecule has 0 spiro atoms. The van der Waals surface area contributed by atoms with Crippen LogP contribution in [0.5, 0.6) is 0 Å². The molecule has 1 aliphatic carbocycles. The Labute approximate surface area is 150 Å². The topological polar surface area (TPSA) is 69.7 Å². The smallest absolute Gasteiger partial charge is 0.242 e. The third-order valence-corrected chi connectivity index (χ3v) is 5.87. The van der Waals surface area contributed by atoms with Crippen molar-refractivity contribution in [3.05, 3.63) is 0 Å². The molecule has 0 aromatic rings. The third kappa shape index (κ3) is 4.53. The molecule has 3 aliphatic rings. The van der Waals surface area contributed by atoms with E-state index in [9.17, 15) is 14.4 Å². The molecule has 2 saturated heterocycles. The number of nitrogens with zero attached hydrogens (tertiary/aromatic N) is 2. The molecule has 140 valence electrons. The number of carbonyl (C=O) groups is 3. The number of hydrogen-bond donors (Lipinski definition) is 1. The normalized spacial score (nSPS) is 24.8. The number of amides is 3. The summed E-state index contributed by atoms with van der Waals surface area (Å²) in [7, 11) is 0. The van der Waals surface area contributed by atoms with Crippen LogP contribution < -0.4 is 5.32 Å². The summed E-state index contributed by atoms with van der Waals surface area (Å²) in [6, 6.07) is -0.289. The summed E-state index contributed by atoms with van der Waals surface area (Å²) in [6.45, 7) is 2.86. The van der Waals surface area contributed by atoms with Crippen LogP contribution in [0.4, 0.5) is 0 Å². The molecule has 0 aromatic carbocycles. The SMILES string of the molecule is O=C(NCCCN1CCCC1=O)[C@@H]1CCCN1C(=O)C1CCCCC1. The summed E-state index contributed by atoms with van der Waals surface area (Å²) in [6.07, 6.45) is 9.54. The Balaban J connectivity index is 1.42. The van der Waals surface area contributed by atoms with Crippen molar-refractivity contribution < 1.29 is 14.4 Å². The van der Waals surface area contributed by atoms with Gasteiger partial charge in [0.15, 0.2) is 0 Å². The number of likely N-dealkylation sites (tertiary alicyclic amines) is 2. The van der Waals surface area contributed by atoms with Gasteiger partial charge in [-0.25, -0.2) is 0 Å². The number of rotatable bonds is 6. The monoisotopic (exact) mass is 349 g/mol. The second-order valence-corrected chi connectivity index (χ2v) is 7.65. The summed E-state index contributed by atoms with van der Waals surface area (Å²) in [5, 5.41) is 2.98. The van der Waals surface area contributed by atoms with Gasteiger partial charge in [0.1, 0.15) is 6.04 Å². The maximum absolute atomic E-state index is 12.8. The molecular formula is C19H31N3O3. The van der Waals surface area contributed by atoms with Crippen LogP contribution in [0, 0.1) is 5.92 Å². The van der Waals surface area contributed by atoms with Crippen LogP contribution in [0.25, 0.3) is 0 Å². The Hall–Kier alpha value is -1.59. The lowest BCUT2D eigenvalue weighted by Gasteiger charge is -2.30. The van der Waals surface area contributed by atoms with Gasteiger partial charge < -0.3 is 15.1 Å². The fraction of sp³-hybridized carbons (Fsp3) is 0.842. The van der Waals surface area contributed by atoms with Gasteiger partial charge in [0.2, 0.25) is 17.7 Å². The van der Waals surface area contributed by atoms with Crippen LogP contribution in [0.1, 0.15) is 64.2 Å². The van der Waals surface area contributed by atoms with E-state index in [0.29, 0.717) is 19.5 Å². The standard InChI is InChI=1S/C19H31N3O3/c23-17-10-5-12-21(17)13-6-11-20-18(24)16-9-4-14-22(16)19(25)15-7-2-1-3-8-15/h15-16H,1-14H2,(H,20,24)/t16-/m0/s1. The predicted molar refractivity (Wildman–Crippen MR) is 94.8 cm³/mol. The maximum atomic E-state index is 12.8. The zero-order valence-corrected chi connectivity index (χ0v) is 15.2. The van der Waals surface area contributed by atoms with Gasteiger partial charge in [-0.05, 0) is 38.5 Å². The lowest BCUT2D eigenvalue weighted by atomic mass is 9.88. The Morgan fingerprint density at radius 2 is 1.80 bits per heavy atom. The molecule has 2 aliphatic heterocycles. The predicted octanol–water partition coefficient (Wildman–Crippen LogP) is 1.69. The summed E-state index contributed by atoms with van der Waals surface area (Å²) >= 11 is 0. The number of hydrogen-bond acceptors (Lipinski definition) is 3. The van der Waals surface area contributed by atoms with E-state index in [1.807, 2.05) is 9.80 Å². The van der Waals surface area contributed by atoms with E-state index in [2.05, 4.69) is 5.32 Å². The van der Waals surface area contributed by atoms with Crippen LogP contribution in [-0.2, 0) is 14.4 Å². The minimum Gasteiger partial charge on any atom is -0.354 e. The van der Waals surface area contributed by atoms with Gasteiger partial charge >= 0.3 is 0 Å². The van der Waals surface area contributed by atoms with Crippen LogP contribution >= 0.6 is 0 Å². The minimum absolute atomic E-state index is 0.0191. The van der Waals surface area contributed by atoms with Crippen molar-refractivity contribution in [3.8, 4) is 0 Å². The molecule has 6 nitrogen and oxygen atoms in total. The zero-order chi connectivity index (χ0) is 17.6. The van der Waals surface area contributed by atoms with E-state index in [1.165, 1.54) is 6.42 Å². The van der Waals surface area contributed by atoms with Gasteiger partial charge in [-0.15, -0.1) is 0 Å². The summed E-state index contributed by atoms with van der Waals surface area (Å²) in [5.41, 5.74) is 0. The second kappa shape index (κ2) is 8.68. The fourth-order valence-corrected chi connectivity index (χ4v) is 4.43. The van der Waals surface area contributed by atoms with Crippen molar-refractivity contribution in [2.24, 2.45) is 5.92 Å². The lowest BCUT2D eigenvalue weighted by molar-refractivity contribution is -0.142. The molecule has 3 rings (SSSR count). The molecule has 1 N–H and O–H groups in total. The molecule has 0 radical (unpaired) electrons. The highest BCUT2D eigenvalue weighted by Crippen LogP contribution is 2.28. The van der Waals surface area contributed by atoms with Gasteiger partial charge in [0.25, 0.3) is 0 Å². The van der Waals surface area contributed by atoms with E-state index in [-0.39, 0.29) is 29.7 Å². The minimum atomic E-state index is -0.289. The van der Waals surface area contributed by atoms with E-state index >= 15 is 0 Å². The average molecular weight is 349 g/mol.